The number of piperazine rings is 2. The van der Waals surface area contributed by atoms with Crippen molar-refractivity contribution in [3.05, 3.63) is 60.4 Å². The van der Waals surface area contributed by atoms with E-state index in [4.69, 9.17) is 0 Å². The molecule has 0 N–H and O–H groups in total. The summed E-state index contributed by atoms with van der Waals surface area (Å²) in [6, 6.07) is 14.5. The van der Waals surface area contributed by atoms with Crippen LogP contribution in [0.25, 0.3) is 0 Å². The summed E-state index contributed by atoms with van der Waals surface area (Å²) in [6.45, 7) is 84.7. The SMILES string of the molecule is C.C.CC(C)CCCC(=O)C=O.CC(C)CCN1CCCCC1.CC(C)CN1CCCC(=O)C1.CC(C)CN1CCCC1.CC(C)CN1CCCCC1.CC(C)CN1CCCCC1.CC(C)CN1CCCCC1.CC(C)CN1CCN(C)CC1=O.CC(C)CN1CCN(Cc2ccccc2)CC1=O.CC(C)CN1CCSCC1.CC(C)Cn1cccc1. The summed E-state index contributed by atoms with van der Waals surface area (Å²) >= 11 is 2.08. The number of aldehydes is 1. The number of ketones is 2. The molecular formula is C104H204N12O5S. The van der Waals surface area contributed by atoms with Crippen molar-refractivity contribution in [2.75, 3.05) is 208 Å². The molecule has 11 rings (SSSR count). The Labute approximate surface area is 762 Å². The molecule has 17 nitrogen and oxygen atoms in total. The van der Waals surface area contributed by atoms with E-state index in [2.05, 4.69) is 249 Å². The minimum Gasteiger partial charge on any atom is -0.354 e. The monoisotopic (exact) mass is 1730 g/mol. The number of benzene rings is 1. The van der Waals surface area contributed by atoms with E-state index in [0.717, 1.165) is 133 Å². The third kappa shape index (κ3) is 71.4. The topological polar surface area (TPSA) is 126 Å². The van der Waals surface area contributed by atoms with Crippen molar-refractivity contribution in [3.63, 3.8) is 0 Å². The first-order valence-corrected chi connectivity index (χ1v) is 50.5. The number of rotatable bonds is 28. The van der Waals surface area contributed by atoms with E-state index >= 15 is 0 Å². The van der Waals surface area contributed by atoms with E-state index in [9.17, 15) is 24.0 Å². The third-order valence-electron chi connectivity index (χ3n) is 22.1. The van der Waals surface area contributed by atoms with Crippen LogP contribution in [0.2, 0.25) is 0 Å². The standard InChI is InChI=1S/C15H22N2O.C10H21N.C9H18N2O.C9H17NO.3C9H19N.C8H17NS.C8H17N.C8H13N.C8H14O2.2CH4/c1-13(2)10-17-9-8-16(12-15(17)18)11-14-6-4-3-5-7-14;1-10(2)6-9-11-7-4-3-5-8-11;1-8(2)6-11-5-4-10(3)7-9(11)12;1-8(2)6-10-5-3-4-9(11)7-10;3*1-9(2)8-10-6-4-3-5-7-10;1-8(2)7-9-3-5-10-6-4-9;2*1-8(2)7-9-5-3-4-6-9;1-7(2)4-3-5-8(10)6-9;;/h3-7,13H,8-12H2,1-2H3;10H,3-9H2,1-2H3;8H,4-7H2,1-3H3;8H,3-7H2,1-2H3;3*9H,3-8H2,1-2H3;8H,3-7H2,1-2H3;8H,3-7H2,1-2H3;3-6,8H,7H2,1-2H3;6-7H,3-5H2,1-2H3;2*1H4. The molecule has 0 bridgehead atoms. The van der Waals surface area contributed by atoms with E-state index in [0.29, 0.717) is 61.8 Å². The molecule has 2 amide bonds. The van der Waals surface area contributed by atoms with Gasteiger partial charge in [-0.25, -0.2) is 0 Å². The van der Waals surface area contributed by atoms with Gasteiger partial charge in [0.1, 0.15) is 5.78 Å². The molecule has 9 aliphatic rings. The van der Waals surface area contributed by atoms with Gasteiger partial charge in [-0.1, -0.05) is 230 Å². The third-order valence-corrected chi connectivity index (χ3v) is 23.0. The van der Waals surface area contributed by atoms with Gasteiger partial charge in [0, 0.05) is 141 Å². The highest BCUT2D eigenvalue weighted by Crippen LogP contribution is 2.18. The summed E-state index contributed by atoms with van der Waals surface area (Å²) in [7, 11) is 1.99. The number of hydrogen-bond acceptors (Lipinski definition) is 15. The average molecular weight is 1730 g/mol. The van der Waals surface area contributed by atoms with Gasteiger partial charge in [-0.3, -0.25) is 38.7 Å². The molecule has 1 aromatic heterocycles. The summed E-state index contributed by atoms with van der Waals surface area (Å²) in [5, 5.41) is 0. The summed E-state index contributed by atoms with van der Waals surface area (Å²) in [6.07, 6.45) is 30.2. The molecule has 0 unspecified atom stereocenters. The first kappa shape index (κ1) is 120. The summed E-state index contributed by atoms with van der Waals surface area (Å²) < 4.78 is 2.20. The quantitative estimate of drug-likeness (QED) is 0.0592. The Morgan fingerprint density at radius 1 is 0.344 bits per heavy atom. The molecule has 10 heterocycles. The van der Waals surface area contributed by atoms with Crippen LogP contribution in [-0.2, 0) is 37.1 Å². The molecule has 9 aliphatic heterocycles. The minimum absolute atomic E-state index is 0. The highest BCUT2D eigenvalue weighted by molar-refractivity contribution is 7.99. The Balaban J connectivity index is 0. The van der Waals surface area contributed by atoms with Crippen molar-refractivity contribution in [2.24, 2.45) is 65.1 Å². The average Bonchev–Trinajstić information content (AvgIpc) is 1.05. The largest absolute Gasteiger partial charge is 0.354 e. The van der Waals surface area contributed by atoms with Crippen molar-refractivity contribution in [1.29, 1.82) is 0 Å². The van der Waals surface area contributed by atoms with Gasteiger partial charge in [0.2, 0.25) is 11.8 Å². The normalized spacial score (nSPS) is 18.8. The van der Waals surface area contributed by atoms with Gasteiger partial charge >= 0.3 is 0 Å². The molecule has 0 atom stereocenters. The summed E-state index contributed by atoms with van der Waals surface area (Å²) in [5.74, 6) is 11.6. The van der Waals surface area contributed by atoms with Crippen LogP contribution in [0.5, 0.6) is 0 Å². The van der Waals surface area contributed by atoms with Crippen molar-refractivity contribution in [1.82, 2.24) is 58.5 Å². The molecule has 9 fully saturated rings. The summed E-state index contributed by atoms with van der Waals surface area (Å²) in [4.78, 5) is 80.7. The number of nitrogens with zero attached hydrogens (tertiary/aromatic N) is 12. The Kier molecular flexibility index (Phi) is 75.4. The zero-order chi connectivity index (χ0) is 89.4. The number of likely N-dealkylation sites (N-methyl/N-ethyl adjacent to an activating group) is 1. The van der Waals surface area contributed by atoms with Crippen LogP contribution in [0.4, 0.5) is 0 Å². The Morgan fingerprint density at radius 2 is 0.689 bits per heavy atom. The number of thioether (sulfide) groups is 1. The van der Waals surface area contributed by atoms with Crippen LogP contribution >= 0.6 is 11.8 Å². The van der Waals surface area contributed by atoms with Gasteiger partial charge in [0.05, 0.1) is 19.6 Å². The molecular weight excluding hydrogens is 1530 g/mol. The molecule has 0 spiro atoms. The van der Waals surface area contributed by atoms with Crippen LogP contribution in [0.1, 0.15) is 301 Å². The fourth-order valence-electron chi connectivity index (χ4n) is 16.4. The molecule has 716 valence electrons. The van der Waals surface area contributed by atoms with E-state index in [1.54, 1.807) is 0 Å². The molecule has 0 saturated carbocycles. The zero-order valence-corrected chi connectivity index (χ0v) is 83.7. The Hall–Kier alpha value is -3.56. The molecule has 9 saturated heterocycles. The fourth-order valence-corrected chi connectivity index (χ4v) is 17.4. The predicted octanol–water partition coefficient (Wildman–Crippen LogP) is 21.0. The van der Waals surface area contributed by atoms with E-state index < -0.39 is 0 Å². The maximum atomic E-state index is 12.0. The van der Waals surface area contributed by atoms with Gasteiger partial charge in [-0.15, -0.1) is 0 Å². The van der Waals surface area contributed by atoms with Crippen molar-refractivity contribution in [3.8, 4) is 0 Å². The van der Waals surface area contributed by atoms with E-state index in [1.807, 2.05) is 35.0 Å². The number of Topliss-reactive ketones (excluding diaryl/α,β-unsaturated/α-hetero) is 2. The van der Waals surface area contributed by atoms with Crippen LogP contribution < -0.4 is 0 Å². The lowest BCUT2D eigenvalue weighted by Crippen LogP contribution is -2.50. The molecule has 18 heteroatoms. The minimum atomic E-state index is -0.277. The van der Waals surface area contributed by atoms with E-state index in [-0.39, 0.29) is 32.5 Å². The maximum absolute atomic E-state index is 12.0. The fraction of sp³-hybridized carbons (Fsp3) is 0.856. The number of aromatic nitrogens is 1. The number of amides is 2. The van der Waals surface area contributed by atoms with Crippen molar-refractivity contribution >= 4 is 41.4 Å². The number of carbonyl (C=O) groups excluding carboxylic acids is 5. The van der Waals surface area contributed by atoms with Crippen molar-refractivity contribution < 1.29 is 24.0 Å². The van der Waals surface area contributed by atoms with Gasteiger partial charge in [-0.2, -0.15) is 11.8 Å². The Morgan fingerprint density at radius 3 is 1.04 bits per heavy atom. The first-order chi connectivity index (χ1) is 57.1. The maximum Gasteiger partial charge on any atom is 0.236 e. The number of likely N-dealkylation sites (tertiary alicyclic amines) is 6. The zero-order valence-electron chi connectivity index (χ0n) is 82.9. The molecule has 2 aromatic rings. The van der Waals surface area contributed by atoms with Crippen molar-refractivity contribution in [2.45, 2.75) is 309 Å². The van der Waals surface area contributed by atoms with Crippen LogP contribution in [-0.4, -0.2) is 296 Å². The number of hydrogen-bond donors (Lipinski definition) is 0. The van der Waals surface area contributed by atoms with Gasteiger partial charge < -0.3 is 43.8 Å². The highest BCUT2D eigenvalue weighted by Gasteiger charge is 2.26. The second-order valence-electron chi connectivity index (χ2n) is 40.9. The van der Waals surface area contributed by atoms with Gasteiger partial charge in [0.15, 0.2) is 12.1 Å². The van der Waals surface area contributed by atoms with Gasteiger partial charge in [0.25, 0.3) is 0 Å². The lowest BCUT2D eigenvalue weighted by molar-refractivity contribution is -0.137. The molecule has 0 aliphatic carbocycles. The predicted molar refractivity (Wildman–Crippen MR) is 534 cm³/mol. The molecule has 0 radical (unpaired) electrons. The van der Waals surface area contributed by atoms with Crippen LogP contribution in [0.15, 0.2) is 54.9 Å². The second-order valence-corrected chi connectivity index (χ2v) is 42.1. The molecule has 1 aromatic carbocycles. The summed E-state index contributed by atoms with van der Waals surface area (Å²) in [5.41, 5.74) is 1.28. The van der Waals surface area contributed by atoms with Crippen LogP contribution in [0.3, 0.4) is 0 Å². The second kappa shape index (κ2) is 76.3. The molecule has 122 heavy (non-hydrogen) atoms. The Bertz CT molecular complexity index is 2600. The van der Waals surface area contributed by atoms with Crippen LogP contribution in [0, 0.1) is 65.1 Å². The van der Waals surface area contributed by atoms with Gasteiger partial charge in [-0.05, 0) is 252 Å². The number of piperidine rings is 5. The number of carbonyl (C=O) groups is 5. The lowest BCUT2D eigenvalue weighted by Gasteiger charge is -2.35. The highest BCUT2D eigenvalue weighted by atomic mass is 32.2. The first-order valence-electron chi connectivity index (χ1n) is 49.4. The van der Waals surface area contributed by atoms with E-state index in [1.165, 1.54) is 231 Å². The lowest BCUT2D eigenvalue weighted by atomic mass is 10.1. The smallest absolute Gasteiger partial charge is 0.236 e.